The van der Waals surface area contributed by atoms with Crippen molar-refractivity contribution in [1.29, 1.82) is 0 Å². The highest BCUT2D eigenvalue weighted by Crippen LogP contribution is 2.35. The third-order valence-corrected chi connectivity index (χ3v) is 3.92. The highest BCUT2D eigenvalue weighted by molar-refractivity contribution is 8.00. The van der Waals surface area contributed by atoms with Crippen molar-refractivity contribution in [3.63, 3.8) is 0 Å². The Bertz CT molecular complexity index is 462. The number of urea groups is 1. The SMILES string of the molecule is CCNC(=O)NC(=O)C(C)Sc1c(N)cccc1Cl. The van der Waals surface area contributed by atoms with Crippen molar-refractivity contribution >= 4 is 41.0 Å². The zero-order valence-corrected chi connectivity index (χ0v) is 12.3. The molecule has 3 amide bonds. The van der Waals surface area contributed by atoms with Gasteiger partial charge in [-0.2, -0.15) is 0 Å². The van der Waals surface area contributed by atoms with Gasteiger partial charge in [0.05, 0.1) is 10.3 Å². The van der Waals surface area contributed by atoms with Gasteiger partial charge in [-0.25, -0.2) is 4.79 Å². The monoisotopic (exact) mass is 301 g/mol. The van der Waals surface area contributed by atoms with Gasteiger partial charge >= 0.3 is 6.03 Å². The van der Waals surface area contributed by atoms with E-state index in [4.69, 9.17) is 17.3 Å². The van der Waals surface area contributed by atoms with Crippen molar-refractivity contribution in [3.8, 4) is 0 Å². The molecule has 1 unspecified atom stereocenters. The van der Waals surface area contributed by atoms with E-state index in [2.05, 4.69) is 10.6 Å². The molecule has 0 spiro atoms. The molecule has 4 N–H and O–H groups in total. The van der Waals surface area contributed by atoms with Crippen LogP contribution in [0.4, 0.5) is 10.5 Å². The summed E-state index contributed by atoms with van der Waals surface area (Å²) < 4.78 is 0. The first-order valence-electron chi connectivity index (χ1n) is 5.75. The van der Waals surface area contributed by atoms with Crippen molar-refractivity contribution in [3.05, 3.63) is 23.2 Å². The fraction of sp³-hybridized carbons (Fsp3) is 0.333. The average molecular weight is 302 g/mol. The predicted octanol–water partition coefficient (Wildman–Crippen LogP) is 2.25. The predicted molar refractivity (Wildman–Crippen MR) is 78.4 cm³/mol. The molecule has 0 aliphatic carbocycles. The number of thioether (sulfide) groups is 1. The Morgan fingerprint density at radius 2 is 2.16 bits per heavy atom. The molecule has 0 heterocycles. The molecule has 1 aromatic carbocycles. The van der Waals surface area contributed by atoms with Crippen LogP contribution in [-0.4, -0.2) is 23.7 Å². The van der Waals surface area contributed by atoms with Crippen molar-refractivity contribution in [2.75, 3.05) is 12.3 Å². The second-order valence-corrected chi connectivity index (χ2v) is 5.53. The molecular weight excluding hydrogens is 286 g/mol. The van der Waals surface area contributed by atoms with Crippen LogP contribution in [0.25, 0.3) is 0 Å². The number of nitrogens with two attached hydrogens (primary N) is 1. The van der Waals surface area contributed by atoms with Crippen LogP contribution >= 0.6 is 23.4 Å². The van der Waals surface area contributed by atoms with Crippen molar-refractivity contribution in [2.24, 2.45) is 0 Å². The summed E-state index contributed by atoms with van der Waals surface area (Å²) in [4.78, 5) is 23.7. The van der Waals surface area contributed by atoms with E-state index in [-0.39, 0.29) is 0 Å². The zero-order valence-electron chi connectivity index (χ0n) is 10.7. The summed E-state index contributed by atoms with van der Waals surface area (Å²) >= 11 is 7.24. The summed E-state index contributed by atoms with van der Waals surface area (Å²) in [5.41, 5.74) is 6.31. The molecule has 1 aromatic rings. The van der Waals surface area contributed by atoms with Crippen molar-refractivity contribution < 1.29 is 9.59 Å². The number of nitrogen functional groups attached to an aromatic ring is 1. The van der Waals surface area contributed by atoms with Crippen LogP contribution in [0.2, 0.25) is 5.02 Å². The van der Waals surface area contributed by atoms with Crippen LogP contribution in [0, 0.1) is 0 Å². The second-order valence-electron chi connectivity index (χ2n) is 3.77. The Balaban J connectivity index is 2.66. The molecule has 1 rings (SSSR count). The van der Waals surface area contributed by atoms with Crippen LogP contribution in [0.3, 0.4) is 0 Å². The minimum Gasteiger partial charge on any atom is -0.398 e. The first-order valence-corrected chi connectivity index (χ1v) is 7.00. The maximum atomic E-state index is 11.8. The van der Waals surface area contributed by atoms with Crippen LogP contribution in [0.5, 0.6) is 0 Å². The Labute approximate surface area is 121 Å². The molecule has 0 radical (unpaired) electrons. The van der Waals surface area contributed by atoms with E-state index in [1.54, 1.807) is 32.0 Å². The number of anilines is 1. The smallest absolute Gasteiger partial charge is 0.321 e. The number of benzene rings is 1. The zero-order chi connectivity index (χ0) is 14.4. The number of amides is 3. The lowest BCUT2D eigenvalue weighted by Crippen LogP contribution is -2.42. The molecule has 104 valence electrons. The van der Waals surface area contributed by atoms with Gasteiger partial charge in [-0.15, -0.1) is 11.8 Å². The van der Waals surface area contributed by atoms with Gasteiger partial charge in [-0.05, 0) is 26.0 Å². The summed E-state index contributed by atoms with van der Waals surface area (Å²) in [5.74, 6) is -0.393. The maximum Gasteiger partial charge on any atom is 0.321 e. The first kappa shape index (κ1) is 15.7. The Morgan fingerprint density at radius 3 is 2.74 bits per heavy atom. The molecule has 0 aliphatic heterocycles. The van der Waals surface area contributed by atoms with Gasteiger partial charge in [0, 0.05) is 17.1 Å². The Morgan fingerprint density at radius 1 is 1.47 bits per heavy atom. The molecule has 0 aliphatic rings. The standard InChI is InChI=1S/C12H16ClN3O2S/c1-3-15-12(18)16-11(17)7(2)19-10-8(13)5-4-6-9(10)14/h4-7H,3,14H2,1-2H3,(H2,15,16,17,18). The molecule has 0 bridgehead atoms. The molecule has 1 atom stereocenters. The fourth-order valence-electron chi connectivity index (χ4n) is 1.30. The van der Waals surface area contributed by atoms with Crippen LogP contribution in [-0.2, 0) is 4.79 Å². The third kappa shape index (κ3) is 4.65. The van der Waals surface area contributed by atoms with Crippen LogP contribution in [0.15, 0.2) is 23.1 Å². The van der Waals surface area contributed by atoms with Gasteiger partial charge in [0.1, 0.15) is 0 Å². The van der Waals surface area contributed by atoms with Crippen LogP contribution in [0.1, 0.15) is 13.8 Å². The lowest BCUT2D eigenvalue weighted by molar-refractivity contribution is -0.119. The quantitative estimate of drug-likeness (QED) is 0.588. The molecular formula is C12H16ClN3O2S. The van der Waals surface area contributed by atoms with Gasteiger partial charge in [-0.1, -0.05) is 17.7 Å². The topological polar surface area (TPSA) is 84.2 Å². The van der Waals surface area contributed by atoms with E-state index in [0.29, 0.717) is 22.2 Å². The number of carbonyl (C=O) groups is 2. The van der Waals surface area contributed by atoms with Crippen molar-refractivity contribution in [2.45, 2.75) is 24.0 Å². The number of carbonyl (C=O) groups excluding carboxylic acids is 2. The fourth-order valence-corrected chi connectivity index (χ4v) is 2.52. The molecule has 5 nitrogen and oxygen atoms in total. The van der Waals surface area contributed by atoms with E-state index < -0.39 is 17.2 Å². The minimum atomic E-state index is -0.507. The largest absolute Gasteiger partial charge is 0.398 e. The molecule has 0 saturated carbocycles. The number of rotatable bonds is 4. The summed E-state index contributed by atoms with van der Waals surface area (Å²) in [6.07, 6.45) is 0. The lowest BCUT2D eigenvalue weighted by Gasteiger charge is -2.13. The van der Waals surface area contributed by atoms with Gasteiger partial charge in [0.2, 0.25) is 5.91 Å². The Hall–Kier alpha value is -1.40. The first-order chi connectivity index (χ1) is 8.95. The normalized spacial score (nSPS) is 11.7. The van der Waals surface area contributed by atoms with Gasteiger partial charge < -0.3 is 11.1 Å². The van der Waals surface area contributed by atoms with E-state index in [1.165, 1.54) is 11.8 Å². The number of nitrogens with one attached hydrogen (secondary N) is 2. The van der Waals surface area contributed by atoms with Gasteiger partial charge in [0.25, 0.3) is 0 Å². The Kier molecular flexibility index (Phi) is 5.98. The molecule has 19 heavy (non-hydrogen) atoms. The highest BCUT2D eigenvalue weighted by Gasteiger charge is 2.19. The lowest BCUT2D eigenvalue weighted by atomic mass is 10.3. The number of halogens is 1. The maximum absolute atomic E-state index is 11.8. The number of hydrogen-bond donors (Lipinski definition) is 3. The van der Waals surface area contributed by atoms with E-state index in [1.807, 2.05) is 0 Å². The van der Waals surface area contributed by atoms with Gasteiger partial charge in [-0.3, -0.25) is 10.1 Å². The minimum absolute atomic E-state index is 0.393. The number of imide groups is 1. The molecule has 0 saturated heterocycles. The summed E-state index contributed by atoms with van der Waals surface area (Å²) in [6.45, 7) is 3.91. The average Bonchev–Trinajstić information content (AvgIpc) is 2.34. The van der Waals surface area contributed by atoms with E-state index in [0.717, 1.165) is 0 Å². The molecule has 0 aromatic heterocycles. The van der Waals surface area contributed by atoms with Crippen LogP contribution < -0.4 is 16.4 Å². The van der Waals surface area contributed by atoms with E-state index in [9.17, 15) is 9.59 Å². The third-order valence-electron chi connectivity index (χ3n) is 2.24. The van der Waals surface area contributed by atoms with Gasteiger partial charge in [0.15, 0.2) is 0 Å². The summed E-state index contributed by atoms with van der Waals surface area (Å²) in [7, 11) is 0. The highest BCUT2D eigenvalue weighted by atomic mass is 35.5. The van der Waals surface area contributed by atoms with E-state index >= 15 is 0 Å². The summed E-state index contributed by atoms with van der Waals surface area (Å²) in [6, 6.07) is 4.64. The number of hydrogen-bond acceptors (Lipinski definition) is 4. The van der Waals surface area contributed by atoms with Crippen molar-refractivity contribution in [1.82, 2.24) is 10.6 Å². The molecule has 0 fully saturated rings. The second kappa shape index (κ2) is 7.25. The summed E-state index contributed by atoms with van der Waals surface area (Å²) in [5, 5.41) is 4.74. The molecule has 7 heteroatoms.